The van der Waals surface area contributed by atoms with E-state index in [1.165, 1.54) is 12.5 Å². The summed E-state index contributed by atoms with van der Waals surface area (Å²) in [6.45, 7) is 0. The normalized spacial score (nSPS) is 13.8. The van der Waals surface area contributed by atoms with Gasteiger partial charge in [-0.15, -0.1) is 0 Å². The van der Waals surface area contributed by atoms with Crippen LogP contribution >= 0.6 is 15.2 Å². The number of imidazole rings is 1. The number of aryl methyl sites for hydroxylation is 1. The molecular formula is C7H14N2O7P2. The largest absolute Gasteiger partial charge is 0.369 e. The molecule has 18 heavy (non-hydrogen) atoms. The van der Waals surface area contributed by atoms with Gasteiger partial charge in [-0.05, 0) is 12.8 Å². The molecule has 0 bridgehead atoms. The Balaban J connectivity index is 2.76. The van der Waals surface area contributed by atoms with Crippen molar-refractivity contribution in [2.75, 3.05) is 0 Å². The molecule has 11 heteroatoms. The lowest BCUT2D eigenvalue weighted by molar-refractivity contribution is 0.121. The predicted molar refractivity (Wildman–Crippen MR) is 60.6 cm³/mol. The Morgan fingerprint density at radius 2 is 1.78 bits per heavy atom. The van der Waals surface area contributed by atoms with Crippen LogP contribution in [-0.4, -0.2) is 39.7 Å². The third-order valence-corrected chi connectivity index (χ3v) is 6.31. The molecular weight excluding hydrogens is 286 g/mol. The van der Waals surface area contributed by atoms with Gasteiger partial charge < -0.3 is 29.7 Å². The molecule has 0 spiro atoms. The molecule has 0 saturated carbocycles. The minimum atomic E-state index is -5.35. The number of aromatic amines is 1. The van der Waals surface area contributed by atoms with Crippen molar-refractivity contribution in [2.24, 2.45) is 0 Å². The van der Waals surface area contributed by atoms with E-state index < -0.39 is 26.7 Å². The first-order chi connectivity index (χ1) is 8.08. The highest BCUT2D eigenvalue weighted by molar-refractivity contribution is 7.72. The zero-order chi connectivity index (χ0) is 14.0. The van der Waals surface area contributed by atoms with Gasteiger partial charge >= 0.3 is 15.2 Å². The van der Waals surface area contributed by atoms with Crippen LogP contribution in [0.1, 0.15) is 18.5 Å². The lowest BCUT2D eigenvalue weighted by Gasteiger charge is -2.29. The third kappa shape index (κ3) is 3.27. The number of aliphatic hydroxyl groups is 1. The van der Waals surface area contributed by atoms with Crippen LogP contribution in [0.15, 0.2) is 12.5 Å². The van der Waals surface area contributed by atoms with Crippen LogP contribution in [0.2, 0.25) is 0 Å². The second kappa shape index (κ2) is 5.22. The maximum atomic E-state index is 11.0. The zero-order valence-corrected chi connectivity index (χ0v) is 11.0. The van der Waals surface area contributed by atoms with Gasteiger partial charge in [0.2, 0.25) is 0 Å². The number of aromatic nitrogens is 2. The minimum absolute atomic E-state index is 0.0302. The SMILES string of the molecule is O=P(O)(O)C(O)(CCCc1c[nH]cn1)P(=O)(O)O. The Morgan fingerprint density at radius 3 is 2.17 bits per heavy atom. The van der Waals surface area contributed by atoms with Gasteiger partial charge in [0.1, 0.15) is 0 Å². The Morgan fingerprint density at radius 1 is 1.22 bits per heavy atom. The third-order valence-electron chi connectivity index (χ3n) is 2.43. The Kier molecular flexibility index (Phi) is 4.51. The summed E-state index contributed by atoms with van der Waals surface area (Å²) in [5.74, 6) is 0. The van der Waals surface area contributed by atoms with Crippen molar-refractivity contribution in [3.05, 3.63) is 18.2 Å². The summed E-state index contributed by atoms with van der Waals surface area (Å²) in [5, 5.41) is 6.22. The monoisotopic (exact) mass is 300 g/mol. The van der Waals surface area contributed by atoms with Crippen LogP contribution < -0.4 is 0 Å². The fourth-order valence-electron chi connectivity index (χ4n) is 1.40. The summed E-state index contributed by atoms with van der Waals surface area (Å²) < 4.78 is 22.0. The molecule has 1 aromatic rings. The smallest absolute Gasteiger partial charge is 0.368 e. The molecule has 1 aromatic heterocycles. The van der Waals surface area contributed by atoms with Gasteiger partial charge in [0, 0.05) is 12.6 Å². The van der Waals surface area contributed by atoms with E-state index in [-0.39, 0.29) is 12.8 Å². The van der Waals surface area contributed by atoms with Crippen LogP contribution in [0, 0.1) is 0 Å². The first-order valence-corrected chi connectivity index (χ1v) is 8.12. The highest BCUT2D eigenvalue weighted by Gasteiger charge is 2.58. The van der Waals surface area contributed by atoms with E-state index in [2.05, 4.69) is 9.97 Å². The topological polar surface area (TPSA) is 164 Å². The quantitative estimate of drug-likeness (QED) is 0.391. The van der Waals surface area contributed by atoms with Gasteiger partial charge in [0.15, 0.2) is 0 Å². The number of nitrogens with zero attached hydrogens (tertiary/aromatic N) is 1. The van der Waals surface area contributed by atoms with Gasteiger partial charge in [0.05, 0.1) is 12.0 Å². The molecule has 0 amide bonds. The van der Waals surface area contributed by atoms with Crippen molar-refractivity contribution in [2.45, 2.75) is 24.3 Å². The molecule has 0 saturated heterocycles. The Hall–Kier alpha value is -0.530. The van der Waals surface area contributed by atoms with Crippen molar-refractivity contribution in [1.82, 2.24) is 9.97 Å². The van der Waals surface area contributed by atoms with Crippen molar-refractivity contribution in [3.63, 3.8) is 0 Å². The molecule has 0 atom stereocenters. The van der Waals surface area contributed by atoms with E-state index in [1.54, 1.807) is 0 Å². The second-order valence-corrected chi connectivity index (χ2v) is 7.79. The predicted octanol–water partition coefficient (Wildman–Crippen LogP) is -0.266. The van der Waals surface area contributed by atoms with Crippen LogP contribution in [0.25, 0.3) is 0 Å². The van der Waals surface area contributed by atoms with Crippen LogP contribution in [0.5, 0.6) is 0 Å². The summed E-state index contributed by atoms with van der Waals surface area (Å²) in [7, 11) is -10.7. The Labute approximate surface area is 102 Å². The summed E-state index contributed by atoms with van der Waals surface area (Å²) in [4.78, 5) is 42.0. The van der Waals surface area contributed by atoms with Crippen molar-refractivity contribution in [3.8, 4) is 0 Å². The van der Waals surface area contributed by atoms with Crippen LogP contribution in [0.4, 0.5) is 0 Å². The molecule has 0 aromatic carbocycles. The molecule has 0 aliphatic rings. The highest BCUT2D eigenvalue weighted by Crippen LogP contribution is 2.69. The van der Waals surface area contributed by atoms with Crippen molar-refractivity contribution < 1.29 is 33.8 Å². The molecule has 6 N–H and O–H groups in total. The zero-order valence-electron chi connectivity index (χ0n) is 9.17. The summed E-state index contributed by atoms with van der Waals surface area (Å²) in [6.07, 6.45) is 2.40. The number of hydrogen-bond acceptors (Lipinski definition) is 4. The van der Waals surface area contributed by atoms with Crippen LogP contribution in [-0.2, 0) is 15.6 Å². The minimum Gasteiger partial charge on any atom is -0.368 e. The maximum absolute atomic E-state index is 11.0. The van der Waals surface area contributed by atoms with E-state index >= 15 is 0 Å². The lowest BCUT2D eigenvalue weighted by Crippen LogP contribution is -2.28. The van der Waals surface area contributed by atoms with Crippen molar-refractivity contribution in [1.29, 1.82) is 0 Å². The molecule has 1 rings (SSSR count). The van der Waals surface area contributed by atoms with E-state index in [9.17, 15) is 14.2 Å². The van der Waals surface area contributed by atoms with Gasteiger partial charge in [-0.3, -0.25) is 9.13 Å². The average molecular weight is 300 g/mol. The maximum Gasteiger partial charge on any atom is 0.369 e. The summed E-state index contributed by atoms with van der Waals surface area (Å²) >= 11 is 0. The van der Waals surface area contributed by atoms with E-state index in [4.69, 9.17) is 19.6 Å². The van der Waals surface area contributed by atoms with Crippen molar-refractivity contribution >= 4 is 15.2 Å². The standard InChI is InChI=1S/C7H14N2O7P2/c10-7(17(11,12)13,18(14,15)16)3-1-2-6-4-8-5-9-6/h4-5,10H,1-3H2,(H,8,9)(H2,11,12,13)(H2,14,15,16). The van der Waals surface area contributed by atoms with E-state index in [0.29, 0.717) is 5.69 Å². The number of H-pyrrole nitrogens is 1. The number of hydrogen-bond donors (Lipinski definition) is 6. The fourth-order valence-corrected chi connectivity index (χ4v) is 3.65. The molecule has 104 valence electrons. The summed E-state index contributed by atoms with van der Waals surface area (Å²) in [6, 6.07) is 0. The molecule has 0 radical (unpaired) electrons. The molecule has 0 aliphatic heterocycles. The fraction of sp³-hybridized carbons (Fsp3) is 0.571. The molecule has 0 fully saturated rings. The van der Waals surface area contributed by atoms with E-state index in [1.807, 2.05) is 0 Å². The van der Waals surface area contributed by atoms with E-state index in [0.717, 1.165) is 0 Å². The number of nitrogens with one attached hydrogen (secondary N) is 1. The first-order valence-electron chi connectivity index (χ1n) is 4.89. The summed E-state index contributed by atoms with van der Waals surface area (Å²) in [5.41, 5.74) is 0.564. The molecule has 0 aliphatic carbocycles. The van der Waals surface area contributed by atoms with Gasteiger partial charge in [0.25, 0.3) is 5.08 Å². The second-order valence-electron chi connectivity index (χ2n) is 3.78. The Bertz CT molecular complexity index is 454. The van der Waals surface area contributed by atoms with Crippen LogP contribution in [0.3, 0.4) is 0 Å². The number of rotatable bonds is 6. The lowest BCUT2D eigenvalue weighted by atomic mass is 10.2. The molecule has 0 unspecified atom stereocenters. The molecule has 9 nitrogen and oxygen atoms in total. The van der Waals surface area contributed by atoms with Gasteiger partial charge in [-0.25, -0.2) is 4.98 Å². The van der Waals surface area contributed by atoms with Gasteiger partial charge in [-0.1, -0.05) is 0 Å². The highest BCUT2D eigenvalue weighted by atomic mass is 31.2. The average Bonchev–Trinajstić information content (AvgIpc) is 2.66. The van der Waals surface area contributed by atoms with Gasteiger partial charge in [-0.2, -0.15) is 0 Å². The molecule has 1 heterocycles. The first kappa shape index (κ1) is 15.5.